The highest BCUT2D eigenvalue weighted by Gasteiger charge is 2.23. The first-order chi connectivity index (χ1) is 10.3. The van der Waals surface area contributed by atoms with Crippen LogP contribution in [0.3, 0.4) is 0 Å². The Hall–Kier alpha value is -1.71. The lowest BCUT2D eigenvalue weighted by atomic mass is 10.0. The summed E-state index contributed by atoms with van der Waals surface area (Å²) in [7, 11) is 0. The first kappa shape index (κ1) is 14.2. The summed E-state index contributed by atoms with van der Waals surface area (Å²) in [6, 6.07) is 11.1. The molecule has 1 unspecified atom stereocenters. The van der Waals surface area contributed by atoms with Crippen molar-refractivity contribution in [3.8, 4) is 0 Å². The smallest absolute Gasteiger partial charge is 0.0491 e. The molecule has 0 bridgehead atoms. The van der Waals surface area contributed by atoms with Crippen LogP contribution in [0, 0.1) is 6.92 Å². The summed E-state index contributed by atoms with van der Waals surface area (Å²) >= 11 is 0. The van der Waals surface area contributed by atoms with Gasteiger partial charge in [0.05, 0.1) is 0 Å². The molecule has 1 aromatic carbocycles. The largest absolute Gasteiger partial charge is 0.329 e. The molecule has 2 heterocycles. The topological polar surface area (TPSA) is 42.1 Å². The van der Waals surface area contributed by atoms with E-state index in [1.165, 1.54) is 28.7 Å². The third-order valence-electron chi connectivity index (χ3n) is 4.49. The Labute approximate surface area is 126 Å². The van der Waals surface area contributed by atoms with Crippen molar-refractivity contribution in [2.45, 2.75) is 32.4 Å². The molecule has 3 rings (SSSR count). The lowest BCUT2D eigenvalue weighted by molar-refractivity contribution is 0.195. The second-order valence-corrected chi connectivity index (χ2v) is 5.83. The van der Waals surface area contributed by atoms with Crippen molar-refractivity contribution < 1.29 is 0 Å². The van der Waals surface area contributed by atoms with Crippen LogP contribution in [0.5, 0.6) is 0 Å². The van der Waals surface area contributed by atoms with Gasteiger partial charge in [-0.25, -0.2) is 0 Å². The van der Waals surface area contributed by atoms with Gasteiger partial charge >= 0.3 is 0 Å². The maximum Gasteiger partial charge on any atom is 0.0491 e. The van der Waals surface area contributed by atoms with Crippen molar-refractivity contribution in [2.75, 3.05) is 13.1 Å². The zero-order valence-electron chi connectivity index (χ0n) is 12.6. The lowest BCUT2D eigenvalue weighted by Crippen LogP contribution is -2.34. The number of benzene rings is 1. The van der Waals surface area contributed by atoms with Crippen LogP contribution >= 0.6 is 0 Å². The summed E-state index contributed by atoms with van der Waals surface area (Å²) in [5, 5.41) is 0. The predicted octanol–water partition coefficient (Wildman–Crippen LogP) is 2.84. The van der Waals surface area contributed by atoms with Crippen molar-refractivity contribution in [1.82, 2.24) is 9.88 Å². The van der Waals surface area contributed by atoms with Gasteiger partial charge in [-0.15, -0.1) is 0 Å². The van der Waals surface area contributed by atoms with Crippen molar-refractivity contribution in [3.63, 3.8) is 0 Å². The minimum absolute atomic E-state index is 0.254. The van der Waals surface area contributed by atoms with Crippen LogP contribution < -0.4 is 5.73 Å². The van der Waals surface area contributed by atoms with Crippen molar-refractivity contribution in [2.24, 2.45) is 5.73 Å². The fourth-order valence-corrected chi connectivity index (χ4v) is 3.29. The van der Waals surface area contributed by atoms with Crippen LogP contribution in [-0.4, -0.2) is 23.0 Å². The molecule has 2 aromatic rings. The van der Waals surface area contributed by atoms with Crippen LogP contribution in [0.2, 0.25) is 0 Å². The Balaban J connectivity index is 1.90. The van der Waals surface area contributed by atoms with Gasteiger partial charge in [0.1, 0.15) is 0 Å². The van der Waals surface area contributed by atoms with E-state index in [9.17, 15) is 0 Å². The number of hydrogen-bond donors (Lipinski definition) is 1. The molecule has 1 aliphatic heterocycles. The monoisotopic (exact) mass is 281 g/mol. The third-order valence-corrected chi connectivity index (χ3v) is 4.49. The van der Waals surface area contributed by atoms with E-state index in [1.807, 2.05) is 12.4 Å². The van der Waals surface area contributed by atoms with Gasteiger partial charge in [-0.3, -0.25) is 9.88 Å². The molecule has 0 saturated heterocycles. The molecular weight excluding hydrogens is 258 g/mol. The lowest BCUT2D eigenvalue weighted by Gasteiger charge is -2.31. The highest BCUT2D eigenvalue weighted by Crippen LogP contribution is 2.27. The molecule has 1 atom stereocenters. The number of nitrogens with two attached hydrogens (primary N) is 1. The van der Waals surface area contributed by atoms with Gasteiger partial charge in [-0.2, -0.15) is 0 Å². The number of hydrogen-bond acceptors (Lipinski definition) is 3. The Morgan fingerprint density at radius 3 is 2.81 bits per heavy atom. The molecule has 0 fully saturated rings. The van der Waals surface area contributed by atoms with Crippen LogP contribution in [-0.2, 0) is 13.0 Å². The van der Waals surface area contributed by atoms with E-state index in [0.717, 1.165) is 19.5 Å². The van der Waals surface area contributed by atoms with Crippen molar-refractivity contribution >= 4 is 0 Å². The highest BCUT2D eigenvalue weighted by molar-refractivity contribution is 5.30. The van der Waals surface area contributed by atoms with Crippen molar-refractivity contribution in [3.05, 3.63) is 65.0 Å². The fraction of sp³-hybridized carbons (Fsp3) is 0.389. The van der Waals surface area contributed by atoms with E-state index in [0.29, 0.717) is 6.54 Å². The van der Waals surface area contributed by atoms with Gasteiger partial charge in [0.15, 0.2) is 0 Å². The highest BCUT2D eigenvalue weighted by atomic mass is 15.2. The molecule has 1 aromatic heterocycles. The standard InChI is InChI=1S/C18H23N3/c1-14-8-9-20-12-17(14)18(11-19)21-10-4-7-15-5-2-3-6-16(15)13-21/h2-3,5-6,8-9,12,18H,4,7,10-11,13,19H2,1H3. The van der Waals surface area contributed by atoms with E-state index < -0.39 is 0 Å². The molecule has 0 amide bonds. The quantitative estimate of drug-likeness (QED) is 0.940. The average Bonchev–Trinajstić information content (AvgIpc) is 2.72. The van der Waals surface area contributed by atoms with Crippen LogP contribution in [0.1, 0.15) is 34.7 Å². The number of rotatable bonds is 3. The Kier molecular flexibility index (Phi) is 4.32. The molecule has 1 aliphatic rings. The first-order valence-corrected chi connectivity index (χ1v) is 7.71. The van der Waals surface area contributed by atoms with Crippen LogP contribution in [0.25, 0.3) is 0 Å². The first-order valence-electron chi connectivity index (χ1n) is 7.71. The van der Waals surface area contributed by atoms with Gasteiger partial charge in [-0.1, -0.05) is 24.3 Å². The molecular formula is C18H23N3. The number of aryl methyl sites for hydroxylation is 2. The molecule has 3 nitrogen and oxygen atoms in total. The summed E-state index contributed by atoms with van der Waals surface area (Å²) in [5.74, 6) is 0. The van der Waals surface area contributed by atoms with Gasteiger partial charge in [0, 0.05) is 31.5 Å². The molecule has 110 valence electrons. The summed E-state index contributed by atoms with van der Waals surface area (Å²) in [4.78, 5) is 6.80. The van der Waals surface area contributed by atoms with E-state index in [-0.39, 0.29) is 6.04 Å². The molecule has 0 saturated carbocycles. The van der Waals surface area contributed by atoms with Crippen molar-refractivity contribution in [1.29, 1.82) is 0 Å². The minimum atomic E-state index is 0.254. The van der Waals surface area contributed by atoms with Gasteiger partial charge in [0.25, 0.3) is 0 Å². The Morgan fingerprint density at radius 1 is 1.24 bits per heavy atom. The molecule has 21 heavy (non-hydrogen) atoms. The number of fused-ring (bicyclic) bond motifs is 1. The second kappa shape index (κ2) is 6.37. The van der Waals surface area contributed by atoms with Crippen LogP contribution in [0.15, 0.2) is 42.7 Å². The maximum absolute atomic E-state index is 6.11. The van der Waals surface area contributed by atoms with E-state index >= 15 is 0 Å². The SMILES string of the molecule is Cc1ccncc1C(CN)N1CCCc2ccccc2C1. The molecule has 2 N–H and O–H groups in total. The van der Waals surface area contributed by atoms with Crippen LogP contribution in [0.4, 0.5) is 0 Å². The summed E-state index contributed by atoms with van der Waals surface area (Å²) in [6.45, 7) is 4.84. The van der Waals surface area contributed by atoms with Gasteiger partial charge < -0.3 is 5.73 Å². The fourth-order valence-electron chi connectivity index (χ4n) is 3.29. The Morgan fingerprint density at radius 2 is 2.05 bits per heavy atom. The molecule has 0 radical (unpaired) electrons. The van der Waals surface area contributed by atoms with E-state index in [4.69, 9.17) is 5.73 Å². The number of aromatic nitrogens is 1. The third kappa shape index (κ3) is 2.99. The molecule has 3 heteroatoms. The minimum Gasteiger partial charge on any atom is -0.329 e. The summed E-state index contributed by atoms with van der Waals surface area (Å²) < 4.78 is 0. The predicted molar refractivity (Wildman–Crippen MR) is 85.9 cm³/mol. The normalized spacial score (nSPS) is 17.0. The number of nitrogens with zero attached hydrogens (tertiary/aromatic N) is 2. The molecule has 0 aliphatic carbocycles. The molecule has 0 spiro atoms. The van der Waals surface area contributed by atoms with Gasteiger partial charge in [0.2, 0.25) is 0 Å². The maximum atomic E-state index is 6.11. The van der Waals surface area contributed by atoms with E-state index in [1.54, 1.807) is 0 Å². The van der Waals surface area contributed by atoms with Gasteiger partial charge in [-0.05, 0) is 54.6 Å². The number of pyridine rings is 1. The average molecular weight is 281 g/mol. The summed E-state index contributed by atoms with van der Waals surface area (Å²) in [6.07, 6.45) is 6.18. The summed E-state index contributed by atoms with van der Waals surface area (Å²) in [5.41, 5.74) is 11.6. The zero-order chi connectivity index (χ0) is 14.7. The Bertz CT molecular complexity index is 609. The zero-order valence-corrected chi connectivity index (χ0v) is 12.6. The van der Waals surface area contributed by atoms with E-state index in [2.05, 4.69) is 47.1 Å². The second-order valence-electron chi connectivity index (χ2n) is 5.83.